The third-order valence-corrected chi connectivity index (χ3v) is 4.75. The number of halogens is 1. The van der Waals surface area contributed by atoms with Gasteiger partial charge in [0.2, 0.25) is 5.88 Å². The summed E-state index contributed by atoms with van der Waals surface area (Å²) in [4.78, 5) is 22.1. The molecule has 0 aliphatic carbocycles. The minimum Gasteiger partial charge on any atom is -0.481 e. The van der Waals surface area contributed by atoms with Gasteiger partial charge in [-0.05, 0) is 26.8 Å². The van der Waals surface area contributed by atoms with Crippen LogP contribution in [0, 0.1) is 5.82 Å². The zero-order chi connectivity index (χ0) is 22.6. The number of rotatable bonds is 6. The lowest BCUT2D eigenvalue weighted by Gasteiger charge is -2.34. The Balaban J connectivity index is 1.64. The number of aromatic nitrogens is 2. The monoisotopic (exact) mass is 436 g/mol. The second-order valence-corrected chi connectivity index (χ2v) is 8.39. The lowest BCUT2D eigenvalue weighted by molar-refractivity contribution is -0.0406. The van der Waals surface area contributed by atoms with E-state index in [1.54, 1.807) is 32.9 Å². The molecule has 1 saturated heterocycles. The van der Waals surface area contributed by atoms with Crippen LogP contribution in [0.4, 0.5) is 9.18 Å². The number of hydrogen-bond acceptors (Lipinski definition) is 8. The van der Waals surface area contributed by atoms with Crippen LogP contribution in [0.1, 0.15) is 32.4 Å². The molecule has 10 heteroatoms. The number of carbonyl (C=O) groups is 1. The average Bonchev–Trinajstić information content (AvgIpc) is 2.70. The van der Waals surface area contributed by atoms with Gasteiger partial charge in [0.15, 0.2) is 0 Å². The first-order valence-electron chi connectivity index (χ1n) is 10.1. The lowest BCUT2D eigenvalue weighted by atomic mass is 10.1. The first-order valence-corrected chi connectivity index (χ1v) is 10.1. The van der Waals surface area contributed by atoms with Gasteiger partial charge in [0.05, 0.1) is 37.6 Å². The van der Waals surface area contributed by atoms with Gasteiger partial charge in [-0.15, -0.1) is 0 Å². The van der Waals surface area contributed by atoms with Gasteiger partial charge in [0.25, 0.3) is 0 Å². The second kappa shape index (κ2) is 9.71. The number of alkyl carbamates (subject to hydrolysis) is 1. The molecule has 1 aliphatic rings. The van der Waals surface area contributed by atoms with E-state index in [0.717, 1.165) is 6.20 Å². The maximum absolute atomic E-state index is 14.6. The highest BCUT2D eigenvalue weighted by Crippen LogP contribution is 2.27. The molecule has 1 amide bonds. The van der Waals surface area contributed by atoms with Crippen LogP contribution < -0.4 is 10.1 Å². The molecular weight excluding hydrogens is 407 g/mol. The van der Waals surface area contributed by atoms with Crippen molar-refractivity contribution < 1.29 is 28.5 Å². The summed E-state index contributed by atoms with van der Waals surface area (Å²) in [5.41, 5.74) is 0.238. The topological polar surface area (TPSA) is 106 Å². The third kappa shape index (κ3) is 6.22. The number of amides is 1. The van der Waals surface area contributed by atoms with Gasteiger partial charge in [-0.25, -0.2) is 14.2 Å². The molecule has 0 saturated carbocycles. The zero-order valence-corrected chi connectivity index (χ0v) is 18.2. The Morgan fingerprint density at radius 2 is 2.23 bits per heavy atom. The molecule has 0 spiro atoms. The standard InChI is InChI=1S/C21H29FN4O5/c1-21(2,3)31-20(28)24-9-13-11-26(7-8-30-13)12-16(27)18-14(22)10-23-15-5-6-17(29-4)25-19(15)18/h5-6,10,13,16,27H,7-9,11-12H2,1-4H3,(H,24,28)/t13-,16?/m0/s1. The third-order valence-electron chi connectivity index (χ3n) is 4.75. The number of ether oxygens (including phenoxy) is 3. The number of aliphatic hydroxyl groups excluding tert-OH is 1. The number of carbonyl (C=O) groups excluding carboxylic acids is 1. The summed E-state index contributed by atoms with van der Waals surface area (Å²) in [6.45, 7) is 7.29. The van der Waals surface area contributed by atoms with Crippen LogP contribution in [0.15, 0.2) is 18.3 Å². The second-order valence-electron chi connectivity index (χ2n) is 8.39. The highest BCUT2D eigenvalue weighted by molar-refractivity contribution is 5.78. The van der Waals surface area contributed by atoms with Crippen LogP contribution in [0.2, 0.25) is 0 Å². The predicted octanol–water partition coefficient (Wildman–Crippen LogP) is 2.04. The van der Waals surface area contributed by atoms with Crippen LogP contribution in [-0.2, 0) is 9.47 Å². The molecule has 31 heavy (non-hydrogen) atoms. The molecule has 0 bridgehead atoms. The molecule has 0 radical (unpaired) electrons. The van der Waals surface area contributed by atoms with Gasteiger partial charge in [0.1, 0.15) is 16.9 Å². The lowest BCUT2D eigenvalue weighted by Crippen LogP contribution is -2.49. The Hall–Kier alpha value is -2.56. The fourth-order valence-corrected chi connectivity index (χ4v) is 3.39. The molecule has 3 heterocycles. The molecule has 1 fully saturated rings. The minimum atomic E-state index is -1.12. The summed E-state index contributed by atoms with van der Waals surface area (Å²) in [6.07, 6.45) is -0.825. The fraction of sp³-hybridized carbons (Fsp3) is 0.571. The summed E-state index contributed by atoms with van der Waals surface area (Å²) < 4.78 is 30.6. The van der Waals surface area contributed by atoms with E-state index in [4.69, 9.17) is 14.2 Å². The van der Waals surface area contributed by atoms with Gasteiger partial charge < -0.3 is 24.6 Å². The Bertz CT molecular complexity index is 921. The summed E-state index contributed by atoms with van der Waals surface area (Å²) >= 11 is 0. The van der Waals surface area contributed by atoms with E-state index in [0.29, 0.717) is 31.1 Å². The number of morpholine rings is 1. The van der Waals surface area contributed by atoms with E-state index in [-0.39, 0.29) is 30.3 Å². The van der Waals surface area contributed by atoms with Crippen molar-refractivity contribution in [3.8, 4) is 5.88 Å². The van der Waals surface area contributed by atoms with Crippen molar-refractivity contribution in [1.29, 1.82) is 0 Å². The van der Waals surface area contributed by atoms with E-state index in [2.05, 4.69) is 15.3 Å². The van der Waals surface area contributed by atoms with Gasteiger partial charge >= 0.3 is 6.09 Å². The van der Waals surface area contributed by atoms with Crippen molar-refractivity contribution in [2.45, 2.75) is 38.6 Å². The van der Waals surface area contributed by atoms with Crippen LogP contribution in [0.25, 0.3) is 11.0 Å². The number of nitrogens with zero attached hydrogens (tertiary/aromatic N) is 3. The molecule has 1 aliphatic heterocycles. The van der Waals surface area contributed by atoms with Crippen LogP contribution >= 0.6 is 0 Å². The fourth-order valence-electron chi connectivity index (χ4n) is 3.39. The molecule has 3 rings (SSSR count). The summed E-state index contributed by atoms with van der Waals surface area (Å²) in [7, 11) is 1.47. The molecule has 0 aromatic carbocycles. The number of fused-ring (bicyclic) bond motifs is 1. The molecule has 9 nitrogen and oxygen atoms in total. The Kier molecular flexibility index (Phi) is 7.24. The van der Waals surface area contributed by atoms with Crippen molar-refractivity contribution in [3.05, 3.63) is 29.7 Å². The van der Waals surface area contributed by atoms with Gasteiger partial charge in [-0.3, -0.25) is 9.88 Å². The number of pyridine rings is 2. The SMILES string of the molecule is COc1ccc2ncc(F)c(C(O)CN3CCO[C@@H](CNC(=O)OC(C)(C)C)C3)c2n1. The normalized spacial score (nSPS) is 18.6. The molecule has 1 unspecified atom stereocenters. The number of hydrogen-bond donors (Lipinski definition) is 2. The number of nitrogens with one attached hydrogen (secondary N) is 1. The zero-order valence-electron chi connectivity index (χ0n) is 18.2. The summed E-state index contributed by atoms with van der Waals surface area (Å²) in [5, 5.41) is 13.5. The van der Waals surface area contributed by atoms with Crippen molar-refractivity contribution >= 4 is 17.1 Å². The number of methoxy groups -OCH3 is 1. The van der Waals surface area contributed by atoms with Crippen LogP contribution in [0.3, 0.4) is 0 Å². The van der Waals surface area contributed by atoms with Gasteiger partial charge in [-0.2, -0.15) is 0 Å². The quantitative estimate of drug-likeness (QED) is 0.709. The highest BCUT2D eigenvalue weighted by atomic mass is 19.1. The van der Waals surface area contributed by atoms with E-state index < -0.39 is 23.6 Å². The molecule has 170 valence electrons. The number of β-amino-alcohol motifs (C(OH)–C–C–N with tert-alkyl or cyclic N) is 1. The summed E-state index contributed by atoms with van der Waals surface area (Å²) in [5.74, 6) is -0.315. The van der Waals surface area contributed by atoms with Gasteiger partial charge in [-0.1, -0.05) is 0 Å². The van der Waals surface area contributed by atoms with Gasteiger partial charge in [0, 0.05) is 37.8 Å². The molecule has 2 aromatic heterocycles. The Morgan fingerprint density at radius 1 is 1.45 bits per heavy atom. The van der Waals surface area contributed by atoms with Crippen molar-refractivity contribution in [2.24, 2.45) is 0 Å². The van der Waals surface area contributed by atoms with Crippen LogP contribution in [0.5, 0.6) is 5.88 Å². The molecule has 2 aromatic rings. The van der Waals surface area contributed by atoms with E-state index in [9.17, 15) is 14.3 Å². The van der Waals surface area contributed by atoms with Crippen molar-refractivity contribution in [2.75, 3.05) is 39.9 Å². The summed E-state index contributed by atoms with van der Waals surface area (Å²) in [6, 6.07) is 3.30. The first kappa shape index (κ1) is 23.1. The highest BCUT2D eigenvalue weighted by Gasteiger charge is 2.27. The van der Waals surface area contributed by atoms with Crippen molar-refractivity contribution in [3.63, 3.8) is 0 Å². The van der Waals surface area contributed by atoms with E-state index in [1.165, 1.54) is 7.11 Å². The first-order chi connectivity index (χ1) is 14.7. The molecule has 2 atom stereocenters. The predicted molar refractivity (Wildman–Crippen MR) is 111 cm³/mol. The van der Waals surface area contributed by atoms with E-state index >= 15 is 0 Å². The minimum absolute atomic E-state index is 0.0822. The van der Waals surface area contributed by atoms with E-state index in [1.807, 2.05) is 4.90 Å². The largest absolute Gasteiger partial charge is 0.481 e. The van der Waals surface area contributed by atoms with Crippen molar-refractivity contribution in [1.82, 2.24) is 20.2 Å². The molecular formula is C21H29FN4O5. The number of aliphatic hydroxyl groups is 1. The van der Waals surface area contributed by atoms with Crippen LogP contribution in [-0.4, -0.2) is 77.7 Å². The maximum Gasteiger partial charge on any atom is 0.407 e. The average molecular weight is 436 g/mol. The Morgan fingerprint density at radius 3 is 2.94 bits per heavy atom. The molecule has 2 N–H and O–H groups in total. The Labute approximate surface area is 180 Å². The smallest absolute Gasteiger partial charge is 0.407 e. The maximum atomic E-state index is 14.6.